The van der Waals surface area contributed by atoms with Crippen molar-refractivity contribution in [2.75, 3.05) is 6.54 Å². The number of benzene rings is 1. The molecular weight excluding hydrogens is 278 g/mol. The Morgan fingerprint density at radius 3 is 2.82 bits per heavy atom. The molecule has 1 aliphatic rings. The maximum Gasteiger partial charge on any atom is 0.240 e. The van der Waals surface area contributed by atoms with Crippen LogP contribution in [0.5, 0.6) is 0 Å². The molecule has 1 N–H and O–H groups in total. The topological polar surface area (TPSA) is 62.4 Å². The van der Waals surface area contributed by atoms with Crippen molar-refractivity contribution < 1.29 is 9.63 Å². The van der Waals surface area contributed by atoms with Gasteiger partial charge in [0.05, 0.1) is 12.1 Å². The maximum atomic E-state index is 10.3. The average molecular weight is 301 g/mol. The fourth-order valence-corrected chi connectivity index (χ4v) is 3.19. The first kappa shape index (κ1) is 15.2. The number of aromatic nitrogens is 2. The van der Waals surface area contributed by atoms with Gasteiger partial charge in [0, 0.05) is 12.5 Å². The number of hydrogen-bond donors (Lipinski definition) is 1. The Hall–Kier alpha value is -1.72. The van der Waals surface area contributed by atoms with Crippen molar-refractivity contribution in [2.24, 2.45) is 0 Å². The zero-order chi connectivity index (χ0) is 15.6. The minimum Gasteiger partial charge on any atom is -0.389 e. The highest BCUT2D eigenvalue weighted by Crippen LogP contribution is 2.27. The number of hydrogen-bond acceptors (Lipinski definition) is 5. The van der Waals surface area contributed by atoms with Crippen LogP contribution in [0.25, 0.3) is 0 Å². The Morgan fingerprint density at radius 2 is 2.09 bits per heavy atom. The summed E-state index contributed by atoms with van der Waals surface area (Å²) in [6.45, 7) is 5.30. The molecule has 0 radical (unpaired) electrons. The zero-order valence-electron chi connectivity index (χ0n) is 13.2. The molecular formula is C17H23N3O2. The molecule has 2 heterocycles. The summed E-state index contributed by atoms with van der Waals surface area (Å²) in [5.74, 6) is 1.34. The van der Waals surface area contributed by atoms with Crippen LogP contribution in [0.3, 0.4) is 0 Å². The lowest BCUT2D eigenvalue weighted by atomic mass is 9.97. The third-order valence-electron chi connectivity index (χ3n) is 4.23. The molecule has 5 heteroatoms. The minimum absolute atomic E-state index is 0.150. The summed E-state index contributed by atoms with van der Waals surface area (Å²) in [6.07, 6.45) is 2.79. The van der Waals surface area contributed by atoms with E-state index in [4.69, 9.17) is 4.52 Å². The maximum absolute atomic E-state index is 10.3. The zero-order valence-corrected chi connectivity index (χ0v) is 13.2. The van der Waals surface area contributed by atoms with Gasteiger partial charge in [-0.2, -0.15) is 4.98 Å². The van der Waals surface area contributed by atoms with Crippen molar-refractivity contribution in [3.05, 3.63) is 47.6 Å². The van der Waals surface area contributed by atoms with Crippen LogP contribution < -0.4 is 0 Å². The molecule has 0 amide bonds. The van der Waals surface area contributed by atoms with Gasteiger partial charge in [0.25, 0.3) is 0 Å². The van der Waals surface area contributed by atoms with Crippen LogP contribution in [0.4, 0.5) is 0 Å². The van der Waals surface area contributed by atoms with E-state index in [0.717, 1.165) is 19.4 Å². The minimum atomic E-state index is -0.705. The molecule has 1 fully saturated rings. The molecule has 1 unspecified atom stereocenters. The van der Waals surface area contributed by atoms with Gasteiger partial charge in [-0.1, -0.05) is 35.5 Å². The summed E-state index contributed by atoms with van der Waals surface area (Å²) in [5, 5.41) is 14.3. The van der Waals surface area contributed by atoms with Crippen molar-refractivity contribution in [2.45, 2.75) is 51.3 Å². The van der Waals surface area contributed by atoms with Crippen molar-refractivity contribution in [3.8, 4) is 0 Å². The molecule has 0 bridgehead atoms. The van der Waals surface area contributed by atoms with Crippen LogP contribution in [0, 0.1) is 0 Å². The van der Waals surface area contributed by atoms with Crippen molar-refractivity contribution in [1.29, 1.82) is 0 Å². The molecule has 5 nitrogen and oxygen atoms in total. The van der Waals surface area contributed by atoms with E-state index in [0.29, 0.717) is 24.7 Å². The number of rotatable bonds is 5. The first-order valence-corrected chi connectivity index (χ1v) is 7.84. The smallest absolute Gasteiger partial charge is 0.240 e. The fourth-order valence-electron chi connectivity index (χ4n) is 3.19. The van der Waals surface area contributed by atoms with Gasteiger partial charge >= 0.3 is 0 Å². The Kier molecular flexibility index (Phi) is 4.27. The van der Waals surface area contributed by atoms with E-state index in [1.165, 1.54) is 5.56 Å². The summed E-state index contributed by atoms with van der Waals surface area (Å²) in [4.78, 5) is 6.72. The van der Waals surface area contributed by atoms with Crippen LogP contribution in [0.15, 0.2) is 34.9 Å². The molecule has 2 aromatic rings. The van der Waals surface area contributed by atoms with Gasteiger partial charge in [0.15, 0.2) is 5.82 Å². The number of nitrogens with zero attached hydrogens (tertiary/aromatic N) is 3. The fraction of sp³-hybridized carbons (Fsp3) is 0.529. The number of aliphatic hydroxyl groups is 1. The van der Waals surface area contributed by atoms with Gasteiger partial charge in [-0.05, 0) is 38.8 Å². The summed E-state index contributed by atoms with van der Waals surface area (Å²) in [5.41, 5.74) is 0.467. The second kappa shape index (κ2) is 6.18. The van der Waals surface area contributed by atoms with Crippen LogP contribution >= 0.6 is 0 Å². The SMILES string of the molecule is CC(C)(O)C1CCCN1Cc1nc(Cc2ccccc2)no1. The predicted octanol–water partition coefficient (Wildman–Crippen LogP) is 2.40. The lowest BCUT2D eigenvalue weighted by Crippen LogP contribution is -2.45. The van der Waals surface area contributed by atoms with Crippen molar-refractivity contribution in [1.82, 2.24) is 15.0 Å². The van der Waals surface area contributed by atoms with Crippen LogP contribution in [0.2, 0.25) is 0 Å². The van der Waals surface area contributed by atoms with Gasteiger partial charge in [-0.25, -0.2) is 0 Å². The first-order chi connectivity index (χ1) is 10.5. The summed E-state index contributed by atoms with van der Waals surface area (Å²) >= 11 is 0. The Balaban J connectivity index is 1.64. The molecule has 1 aliphatic heterocycles. The van der Waals surface area contributed by atoms with Crippen LogP contribution in [-0.2, 0) is 13.0 Å². The molecule has 0 aliphatic carbocycles. The Morgan fingerprint density at radius 1 is 1.32 bits per heavy atom. The normalized spacial score (nSPS) is 19.7. The number of likely N-dealkylation sites (tertiary alicyclic amines) is 1. The predicted molar refractivity (Wildman–Crippen MR) is 83.3 cm³/mol. The second-order valence-corrected chi connectivity index (χ2v) is 6.55. The van der Waals surface area contributed by atoms with Crippen molar-refractivity contribution >= 4 is 0 Å². The van der Waals surface area contributed by atoms with E-state index >= 15 is 0 Å². The summed E-state index contributed by atoms with van der Waals surface area (Å²) in [7, 11) is 0. The average Bonchev–Trinajstić information content (AvgIpc) is 3.09. The second-order valence-electron chi connectivity index (χ2n) is 6.55. The molecule has 1 atom stereocenters. The highest BCUT2D eigenvalue weighted by atomic mass is 16.5. The lowest BCUT2D eigenvalue weighted by molar-refractivity contribution is -0.00774. The monoisotopic (exact) mass is 301 g/mol. The molecule has 1 aromatic heterocycles. The van der Waals surface area contributed by atoms with Gasteiger partial charge < -0.3 is 9.63 Å². The molecule has 1 saturated heterocycles. The molecule has 1 aromatic carbocycles. The van der Waals surface area contributed by atoms with Gasteiger partial charge in [0.2, 0.25) is 5.89 Å². The molecule has 118 valence electrons. The van der Waals surface area contributed by atoms with E-state index < -0.39 is 5.60 Å². The van der Waals surface area contributed by atoms with E-state index in [-0.39, 0.29) is 6.04 Å². The summed E-state index contributed by atoms with van der Waals surface area (Å²) in [6, 6.07) is 10.3. The van der Waals surface area contributed by atoms with Crippen molar-refractivity contribution in [3.63, 3.8) is 0 Å². The van der Waals surface area contributed by atoms with Crippen LogP contribution in [0.1, 0.15) is 44.0 Å². The molecule has 0 spiro atoms. The third kappa shape index (κ3) is 3.54. The van der Waals surface area contributed by atoms with Gasteiger partial charge in [0.1, 0.15) is 0 Å². The van der Waals surface area contributed by atoms with E-state index in [2.05, 4.69) is 27.2 Å². The van der Waals surface area contributed by atoms with Crippen LogP contribution in [-0.4, -0.2) is 38.3 Å². The molecule has 0 saturated carbocycles. The first-order valence-electron chi connectivity index (χ1n) is 7.84. The van der Waals surface area contributed by atoms with E-state index in [9.17, 15) is 5.11 Å². The lowest BCUT2D eigenvalue weighted by Gasteiger charge is -2.32. The quantitative estimate of drug-likeness (QED) is 0.919. The van der Waals surface area contributed by atoms with E-state index in [1.54, 1.807) is 0 Å². The Bertz CT molecular complexity index is 604. The Labute approximate surface area is 131 Å². The highest BCUT2D eigenvalue weighted by Gasteiger charge is 2.36. The van der Waals surface area contributed by atoms with Gasteiger partial charge in [-0.3, -0.25) is 4.90 Å². The molecule has 22 heavy (non-hydrogen) atoms. The highest BCUT2D eigenvalue weighted by molar-refractivity contribution is 5.18. The van der Waals surface area contributed by atoms with Gasteiger partial charge in [-0.15, -0.1) is 0 Å². The summed E-state index contributed by atoms with van der Waals surface area (Å²) < 4.78 is 5.38. The van der Waals surface area contributed by atoms with E-state index in [1.807, 2.05) is 32.0 Å². The molecule has 3 rings (SSSR count). The standard InChI is InChI=1S/C17H23N3O2/c1-17(2,21)14-9-6-10-20(14)12-16-18-15(19-22-16)11-13-7-4-3-5-8-13/h3-5,7-8,14,21H,6,9-12H2,1-2H3. The largest absolute Gasteiger partial charge is 0.389 e. The third-order valence-corrected chi connectivity index (χ3v) is 4.23.